The Hall–Kier alpha value is -4.12. The minimum absolute atomic E-state index is 0.937. The molecule has 0 bridgehead atoms. The van der Waals surface area contributed by atoms with E-state index >= 15 is 0 Å². The highest BCUT2D eigenvalue weighted by Gasteiger charge is 2.23. The van der Waals surface area contributed by atoms with Crippen LogP contribution in [0, 0.1) is 0 Å². The lowest BCUT2D eigenvalue weighted by atomic mass is 10.0. The molecule has 0 spiro atoms. The quantitative estimate of drug-likeness (QED) is 0.219. The summed E-state index contributed by atoms with van der Waals surface area (Å²) in [4.78, 5) is 4.71. The fraction of sp³-hybridized carbons (Fsp3) is 0.0303. The van der Waals surface area contributed by atoms with Gasteiger partial charge in [0.25, 0.3) is 0 Å². The lowest BCUT2D eigenvalue weighted by Crippen LogP contribution is -2.08. The molecule has 0 amide bonds. The van der Waals surface area contributed by atoms with Crippen molar-refractivity contribution < 1.29 is 0 Å². The number of benzene rings is 4. The molecule has 0 saturated heterocycles. The highest BCUT2D eigenvalue weighted by molar-refractivity contribution is 7.14. The van der Waals surface area contributed by atoms with Gasteiger partial charge in [-0.15, -0.1) is 22.7 Å². The summed E-state index contributed by atoms with van der Waals surface area (Å²) in [5.41, 5.74) is 10.2. The summed E-state index contributed by atoms with van der Waals surface area (Å²) in [6.45, 7) is 0. The zero-order valence-corrected chi connectivity index (χ0v) is 21.8. The zero-order valence-electron chi connectivity index (χ0n) is 20.1. The Bertz CT molecular complexity index is 1520. The van der Waals surface area contributed by atoms with E-state index in [-0.39, 0.29) is 0 Å². The highest BCUT2D eigenvalue weighted by Crippen LogP contribution is 2.45. The number of hydrogen-bond acceptors (Lipinski definition) is 4. The zero-order chi connectivity index (χ0) is 24.6. The molecular weight excluding hydrogens is 489 g/mol. The smallest absolute Gasteiger partial charge is 0.0999 e. The molecule has 178 valence electrons. The molecule has 0 atom stereocenters. The van der Waals surface area contributed by atoms with E-state index in [1.165, 1.54) is 55.0 Å². The van der Waals surface area contributed by atoms with Crippen LogP contribution in [0.1, 0.15) is 11.1 Å². The van der Waals surface area contributed by atoms with Crippen LogP contribution in [-0.4, -0.2) is 0 Å². The van der Waals surface area contributed by atoms with Crippen molar-refractivity contribution >= 4 is 55.4 Å². The fourth-order valence-electron chi connectivity index (χ4n) is 5.22. The van der Waals surface area contributed by atoms with Gasteiger partial charge in [0.1, 0.15) is 0 Å². The van der Waals surface area contributed by atoms with Crippen LogP contribution in [0.5, 0.6) is 0 Å². The van der Waals surface area contributed by atoms with Crippen LogP contribution in [0.15, 0.2) is 132 Å². The van der Waals surface area contributed by atoms with Crippen LogP contribution < -0.4 is 9.80 Å². The SMILES string of the molecule is c1ccc(N(c2ccc3c(c2)Cc2cc(N(c4ccccc4)c4cccs4)ccc2-3)c2cccs2)cc1. The minimum Gasteiger partial charge on any atom is -0.302 e. The number of thiophene rings is 2. The molecule has 0 radical (unpaired) electrons. The number of anilines is 6. The molecule has 7 rings (SSSR count). The summed E-state index contributed by atoms with van der Waals surface area (Å²) >= 11 is 3.53. The topological polar surface area (TPSA) is 6.48 Å². The lowest BCUT2D eigenvalue weighted by Gasteiger charge is -2.24. The van der Waals surface area contributed by atoms with Crippen LogP contribution in [-0.2, 0) is 6.42 Å². The number of rotatable bonds is 6. The van der Waals surface area contributed by atoms with Crippen LogP contribution >= 0.6 is 22.7 Å². The van der Waals surface area contributed by atoms with Crippen molar-refractivity contribution in [3.8, 4) is 11.1 Å². The van der Waals surface area contributed by atoms with Gasteiger partial charge in [-0.25, -0.2) is 0 Å². The van der Waals surface area contributed by atoms with Crippen molar-refractivity contribution in [2.75, 3.05) is 9.80 Å². The van der Waals surface area contributed by atoms with E-state index in [9.17, 15) is 0 Å². The Kier molecular flexibility index (Phi) is 5.61. The highest BCUT2D eigenvalue weighted by atomic mass is 32.1. The van der Waals surface area contributed by atoms with E-state index in [1.54, 1.807) is 22.7 Å². The summed E-state index contributed by atoms with van der Waals surface area (Å²) in [6.07, 6.45) is 0.937. The molecule has 4 aromatic carbocycles. The Labute approximate surface area is 225 Å². The van der Waals surface area contributed by atoms with Gasteiger partial charge < -0.3 is 9.80 Å². The Morgan fingerprint density at radius 3 is 1.30 bits per heavy atom. The van der Waals surface area contributed by atoms with E-state index < -0.39 is 0 Å². The molecule has 2 aromatic heterocycles. The third kappa shape index (κ3) is 4.05. The van der Waals surface area contributed by atoms with Crippen molar-refractivity contribution in [1.82, 2.24) is 0 Å². The first-order valence-corrected chi connectivity index (χ1v) is 14.1. The van der Waals surface area contributed by atoms with E-state index in [2.05, 4.69) is 142 Å². The number of hydrogen-bond donors (Lipinski definition) is 0. The monoisotopic (exact) mass is 512 g/mol. The maximum atomic E-state index is 2.37. The van der Waals surface area contributed by atoms with Gasteiger partial charge >= 0.3 is 0 Å². The predicted octanol–water partition coefficient (Wildman–Crippen LogP) is 10.3. The average molecular weight is 513 g/mol. The van der Waals surface area contributed by atoms with Crippen LogP contribution in [0.3, 0.4) is 0 Å². The van der Waals surface area contributed by atoms with Crippen molar-refractivity contribution in [2.45, 2.75) is 6.42 Å². The van der Waals surface area contributed by atoms with Gasteiger partial charge in [0, 0.05) is 22.7 Å². The van der Waals surface area contributed by atoms with Crippen LogP contribution in [0.2, 0.25) is 0 Å². The van der Waals surface area contributed by atoms with E-state index in [4.69, 9.17) is 0 Å². The van der Waals surface area contributed by atoms with Crippen LogP contribution in [0.25, 0.3) is 11.1 Å². The second-order valence-electron chi connectivity index (χ2n) is 9.10. The normalized spacial score (nSPS) is 11.7. The molecule has 0 fully saturated rings. The summed E-state index contributed by atoms with van der Waals surface area (Å²) in [7, 11) is 0. The van der Waals surface area contributed by atoms with Crippen molar-refractivity contribution in [2.24, 2.45) is 0 Å². The standard InChI is InChI=1S/C33H24N2S2/c1-3-9-26(10-4-1)34(32-13-7-19-36-32)28-15-17-30-24(22-28)21-25-23-29(16-18-31(25)30)35(33-14-8-20-37-33)27-11-5-2-6-12-27/h1-20,22-23H,21H2. The molecule has 6 aromatic rings. The lowest BCUT2D eigenvalue weighted by molar-refractivity contribution is 1.23. The first-order valence-electron chi connectivity index (χ1n) is 12.4. The molecule has 1 aliphatic rings. The third-order valence-electron chi connectivity index (χ3n) is 6.85. The van der Waals surface area contributed by atoms with Gasteiger partial charge in [0.05, 0.1) is 10.0 Å². The summed E-state index contributed by atoms with van der Waals surface area (Å²) in [5, 5.41) is 6.72. The van der Waals surface area contributed by atoms with Gasteiger partial charge in [-0.1, -0.05) is 48.5 Å². The predicted molar refractivity (Wildman–Crippen MR) is 160 cm³/mol. The Balaban J connectivity index is 1.27. The van der Waals surface area contributed by atoms with Gasteiger partial charge in [-0.05, 0) is 112 Å². The molecule has 37 heavy (non-hydrogen) atoms. The molecule has 2 heterocycles. The molecular formula is C33H24N2S2. The molecule has 0 aliphatic heterocycles. The number of fused-ring (bicyclic) bond motifs is 3. The Morgan fingerprint density at radius 1 is 0.432 bits per heavy atom. The molecule has 0 unspecified atom stereocenters. The van der Waals surface area contributed by atoms with Gasteiger partial charge in [0.2, 0.25) is 0 Å². The first-order chi connectivity index (χ1) is 18.3. The second kappa shape index (κ2) is 9.40. The number of nitrogens with zero attached hydrogens (tertiary/aromatic N) is 2. The molecule has 1 aliphatic carbocycles. The van der Waals surface area contributed by atoms with Crippen molar-refractivity contribution in [3.05, 3.63) is 143 Å². The fourth-order valence-corrected chi connectivity index (χ4v) is 6.76. The maximum Gasteiger partial charge on any atom is 0.0999 e. The number of para-hydroxylation sites is 2. The van der Waals surface area contributed by atoms with E-state index in [0.29, 0.717) is 0 Å². The van der Waals surface area contributed by atoms with Gasteiger partial charge in [-0.2, -0.15) is 0 Å². The summed E-state index contributed by atoms with van der Waals surface area (Å²) in [6, 6.07) is 43.7. The Morgan fingerprint density at radius 2 is 0.892 bits per heavy atom. The first kappa shape index (κ1) is 22.1. The largest absolute Gasteiger partial charge is 0.302 e. The van der Waals surface area contributed by atoms with E-state index in [0.717, 1.165) is 6.42 Å². The maximum absolute atomic E-state index is 2.37. The van der Waals surface area contributed by atoms with Crippen molar-refractivity contribution in [3.63, 3.8) is 0 Å². The second-order valence-corrected chi connectivity index (χ2v) is 11.0. The van der Waals surface area contributed by atoms with Gasteiger partial charge in [0.15, 0.2) is 0 Å². The average Bonchev–Trinajstić information content (AvgIpc) is 3.72. The molecule has 0 N–H and O–H groups in total. The molecule has 0 saturated carbocycles. The summed E-state index contributed by atoms with van der Waals surface area (Å²) < 4.78 is 0. The van der Waals surface area contributed by atoms with Crippen molar-refractivity contribution in [1.29, 1.82) is 0 Å². The molecule has 4 heteroatoms. The van der Waals surface area contributed by atoms with Gasteiger partial charge in [-0.3, -0.25) is 0 Å². The third-order valence-corrected chi connectivity index (χ3v) is 8.55. The minimum atomic E-state index is 0.937. The van der Waals surface area contributed by atoms with Crippen LogP contribution in [0.4, 0.5) is 32.8 Å². The molecule has 2 nitrogen and oxygen atoms in total. The summed E-state index contributed by atoms with van der Waals surface area (Å²) in [5.74, 6) is 0. The van der Waals surface area contributed by atoms with E-state index in [1.807, 2.05) is 0 Å².